The lowest BCUT2D eigenvalue weighted by atomic mass is 10.0. The van der Waals surface area contributed by atoms with Crippen molar-refractivity contribution in [1.29, 1.82) is 0 Å². The quantitative estimate of drug-likeness (QED) is 0.754. The Labute approximate surface area is 109 Å². The molecule has 0 aliphatic rings. The van der Waals surface area contributed by atoms with E-state index in [4.69, 9.17) is 0 Å². The van der Waals surface area contributed by atoms with Gasteiger partial charge in [0, 0.05) is 10.9 Å². The average molecular weight is 317 g/mol. The van der Waals surface area contributed by atoms with Crippen LogP contribution in [-0.2, 0) is 0 Å². The van der Waals surface area contributed by atoms with Crippen molar-refractivity contribution in [3.8, 4) is 0 Å². The molecule has 0 spiro atoms. The van der Waals surface area contributed by atoms with Crippen LogP contribution in [0, 0.1) is 18.6 Å². The Morgan fingerprint density at radius 1 is 1.35 bits per heavy atom. The second-order valence-electron chi connectivity index (χ2n) is 3.52. The highest BCUT2D eigenvalue weighted by Crippen LogP contribution is 2.25. The second-order valence-corrected chi connectivity index (χ2v) is 5.81. The second kappa shape index (κ2) is 4.66. The molecule has 0 atom stereocenters. The molecule has 17 heavy (non-hydrogen) atoms. The van der Waals surface area contributed by atoms with Gasteiger partial charge in [-0.1, -0.05) is 6.07 Å². The van der Waals surface area contributed by atoms with Gasteiger partial charge in [0.25, 0.3) is 0 Å². The molecule has 0 unspecified atom stereocenters. The SMILES string of the molecule is Cc1ccc(F)c(C(=O)c2csc(Br)c2)c1F. The predicted molar refractivity (Wildman–Crippen MR) is 66.5 cm³/mol. The van der Waals surface area contributed by atoms with Gasteiger partial charge in [-0.3, -0.25) is 4.79 Å². The van der Waals surface area contributed by atoms with Gasteiger partial charge >= 0.3 is 0 Å². The standard InChI is InChI=1S/C12H7BrF2OS/c1-6-2-3-8(14)10(11(6)15)12(16)7-4-9(13)17-5-7/h2-5H,1H3. The van der Waals surface area contributed by atoms with E-state index in [1.165, 1.54) is 24.3 Å². The van der Waals surface area contributed by atoms with Crippen LogP contribution in [0.2, 0.25) is 0 Å². The zero-order valence-corrected chi connectivity index (χ0v) is 11.2. The van der Waals surface area contributed by atoms with Crippen LogP contribution >= 0.6 is 27.3 Å². The molecule has 0 amide bonds. The van der Waals surface area contributed by atoms with Crippen LogP contribution in [0.15, 0.2) is 27.4 Å². The van der Waals surface area contributed by atoms with Crippen molar-refractivity contribution in [2.45, 2.75) is 6.92 Å². The third-order valence-electron chi connectivity index (χ3n) is 2.34. The topological polar surface area (TPSA) is 17.1 Å². The van der Waals surface area contributed by atoms with Crippen molar-refractivity contribution >= 4 is 33.0 Å². The molecule has 2 aromatic rings. The summed E-state index contributed by atoms with van der Waals surface area (Å²) >= 11 is 4.50. The lowest BCUT2D eigenvalue weighted by Gasteiger charge is -2.04. The minimum atomic E-state index is -0.833. The maximum absolute atomic E-state index is 13.7. The van der Waals surface area contributed by atoms with E-state index in [0.29, 0.717) is 0 Å². The van der Waals surface area contributed by atoms with E-state index >= 15 is 0 Å². The van der Waals surface area contributed by atoms with Crippen LogP contribution in [0.4, 0.5) is 8.78 Å². The maximum Gasteiger partial charge on any atom is 0.199 e. The van der Waals surface area contributed by atoms with Crippen LogP contribution in [0.1, 0.15) is 21.5 Å². The molecule has 0 aliphatic carbocycles. The molecule has 0 aliphatic heterocycles. The molecule has 0 saturated heterocycles. The average Bonchev–Trinajstić information content (AvgIpc) is 2.71. The number of hydrogen-bond acceptors (Lipinski definition) is 2. The molecule has 0 fully saturated rings. The number of rotatable bonds is 2. The fourth-order valence-electron chi connectivity index (χ4n) is 1.44. The first-order chi connectivity index (χ1) is 8.00. The van der Waals surface area contributed by atoms with E-state index in [2.05, 4.69) is 15.9 Å². The third-order valence-corrected chi connectivity index (χ3v) is 3.85. The first-order valence-electron chi connectivity index (χ1n) is 4.74. The number of halogens is 3. The van der Waals surface area contributed by atoms with E-state index in [1.807, 2.05) is 0 Å². The van der Waals surface area contributed by atoms with Gasteiger partial charge in [-0.05, 0) is 40.5 Å². The molecule has 1 aromatic carbocycles. The maximum atomic E-state index is 13.7. The molecule has 1 aromatic heterocycles. The molecule has 1 heterocycles. The van der Waals surface area contributed by atoms with Gasteiger partial charge in [0.2, 0.25) is 0 Å². The molecule has 2 rings (SSSR count). The van der Waals surface area contributed by atoms with E-state index < -0.39 is 23.0 Å². The van der Waals surface area contributed by atoms with Crippen LogP contribution in [-0.4, -0.2) is 5.78 Å². The Morgan fingerprint density at radius 3 is 2.65 bits per heavy atom. The Kier molecular flexibility index (Phi) is 3.40. The highest BCUT2D eigenvalue weighted by Gasteiger charge is 2.21. The number of carbonyl (C=O) groups excluding carboxylic acids is 1. The smallest absolute Gasteiger partial charge is 0.199 e. The first-order valence-corrected chi connectivity index (χ1v) is 6.41. The van der Waals surface area contributed by atoms with Gasteiger partial charge < -0.3 is 0 Å². The largest absolute Gasteiger partial charge is 0.288 e. The van der Waals surface area contributed by atoms with Crippen LogP contribution in [0.3, 0.4) is 0 Å². The Morgan fingerprint density at radius 2 is 2.06 bits per heavy atom. The number of aryl methyl sites for hydroxylation is 1. The number of thiophene rings is 1. The summed E-state index contributed by atoms with van der Waals surface area (Å²) in [7, 11) is 0. The molecular formula is C12H7BrF2OS. The van der Waals surface area contributed by atoms with Crippen molar-refractivity contribution in [1.82, 2.24) is 0 Å². The molecule has 0 saturated carbocycles. The van der Waals surface area contributed by atoms with Gasteiger partial charge in [0.1, 0.15) is 11.6 Å². The highest BCUT2D eigenvalue weighted by atomic mass is 79.9. The number of carbonyl (C=O) groups is 1. The van der Waals surface area contributed by atoms with Crippen LogP contribution < -0.4 is 0 Å². The van der Waals surface area contributed by atoms with Gasteiger partial charge in [0.05, 0.1) is 9.35 Å². The van der Waals surface area contributed by atoms with Crippen molar-refractivity contribution in [3.63, 3.8) is 0 Å². The number of ketones is 1. The number of benzene rings is 1. The Hall–Kier alpha value is -1.07. The van der Waals surface area contributed by atoms with E-state index in [0.717, 1.165) is 9.85 Å². The Balaban J connectivity index is 2.54. The van der Waals surface area contributed by atoms with Crippen molar-refractivity contribution in [2.75, 3.05) is 0 Å². The minimum absolute atomic E-state index is 0.254. The summed E-state index contributed by atoms with van der Waals surface area (Å²) in [6.45, 7) is 1.50. The zero-order chi connectivity index (χ0) is 12.6. The summed E-state index contributed by atoms with van der Waals surface area (Å²) in [5.41, 5.74) is 0.0459. The van der Waals surface area contributed by atoms with Crippen molar-refractivity contribution in [2.24, 2.45) is 0 Å². The normalized spacial score (nSPS) is 10.6. The fraction of sp³-hybridized carbons (Fsp3) is 0.0833. The highest BCUT2D eigenvalue weighted by molar-refractivity contribution is 9.11. The molecule has 0 radical (unpaired) electrons. The van der Waals surface area contributed by atoms with E-state index in [1.54, 1.807) is 11.4 Å². The van der Waals surface area contributed by atoms with E-state index in [9.17, 15) is 13.6 Å². The lowest BCUT2D eigenvalue weighted by Crippen LogP contribution is -2.07. The summed E-state index contributed by atoms with van der Waals surface area (Å²) < 4.78 is 28.0. The first kappa shape index (κ1) is 12.4. The summed E-state index contributed by atoms with van der Waals surface area (Å²) in [5, 5.41) is 1.56. The van der Waals surface area contributed by atoms with Gasteiger partial charge in [-0.2, -0.15) is 0 Å². The third kappa shape index (κ3) is 2.30. The summed E-state index contributed by atoms with van der Waals surface area (Å²) in [6.07, 6.45) is 0. The predicted octanol–water partition coefficient (Wildman–Crippen LogP) is 4.33. The number of hydrogen-bond donors (Lipinski definition) is 0. The summed E-state index contributed by atoms with van der Waals surface area (Å²) in [5.74, 6) is -2.26. The van der Waals surface area contributed by atoms with Crippen LogP contribution in [0.5, 0.6) is 0 Å². The minimum Gasteiger partial charge on any atom is -0.288 e. The monoisotopic (exact) mass is 316 g/mol. The fourth-order valence-corrected chi connectivity index (χ4v) is 2.57. The summed E-state index contributed by atoms with van der Waals surface area (Å²) in [4.78, 5) is 12.0. The molecule has 1 nitrogen and oxygen atoms in total. The van der Waals surface area contributed by atoms with Gasteiger partial charge in [0.15, 0.2) is 5.78 Å². The zero-order valence-electron chi connectivity index (χ0n) is 8.76. The van der Waals surface area contributed by atoms with Crippen molar-refractivity contribution in [3.05, 3.63) is 55.7 Å². The molecule has 5 heteroatoms. The summed E-state index contributed by atoms with van der Waals surface area (Å²) in [6, 6.07) is 3.96. The van der Waals surface area contributed by atoms with Crippen LogP contribution in [0.25, 0.3) is 0 Å². The molecule has 0 bridgehead atoms. The van der Waals surface area contributed by atoms with Crippen molar-refractivity contribution < 1.29 is 13.6 Å². The van der Waals surface area contributed by atoms with E-state index in [-0.39, 0.29) is 11.1 Å². The van der Waals surface area contributed by atoms with Gasteiger partial charge in [-0.15, -0.1) is 11.3 Å². The molecule has 0 N–H and O–H groups in total. The Bertz CT molecular complexity index is 592. The lowest BCUT2D eigenvalue weighted by molar-refractivity contribution is 0.103. The molecule has 88 valence electrons. The molecular weight excluding hydrogens is 310 g/mol. The van der Waals surface area contributed by atoms with Gasteiger partial charge in [-0.25, -0.2) is 8.78 Å².